The van der Waals surface area contributed by atoms with Gasteiger partial charge in [0.25, 0.3) is 5.69 Å². The Kier molecular flexibility index (Phi) is 6.26. The van der Waals surface area contributed by atoms with E-state index in [9.17, 15) is 14.9 Å². The lowest BCUT2D eigenvalue weighted by Gasteiger charge is -2.14. The van der Waals surface area contributed by atoms with Gasteiger partial charge in [0.2, 0.25) is 18.4 Å². The number of nitro benzene ring substituents is 1. The van der Waals surface area contributed by atoms with Gasteiger partial charge in [0, 0.05) is 12.6 Å². The van der Waals surface area contributed by atoms with Crippen LogP contribution in [0.15, 0.2) is 30.3 Å². The minimum Gasteiger partial charge on any atom is -0.493 e. The van der Waals surface area contributed by atoms with Crippen molar-refractivity contribution in [3.05, 3.63) is 51.6 Å². The van der Waals surface area contributed by atoms with Crippen molar-refractivity contribution < 1.29 is 33.4 Å². The molecule has 0 bridgehead atoms. The number of nitro groups is 1. The molecule has 3 rings (SSSR count). The van der Waals surface area contributed by atoms with Gasteiger partial charge in [0.05, 0.1) is 37.9 Å². The third-order valence-electron chi connectivity index (χ3n) is 4.32. The molecule has 1 aliphatic heterocycles. The number of hydrogen-bond acceptors (Lipinski definition) is 8. The summed E-state index contributed by atoms with van der Waals surface area (Å²) in [5, 5.41) is 14.0. The summed E-state index contributed by atoms with van der Waals surface area (Å²) in [5.41, 5.74) is 0.764. The summed E-state index contributed by atoms with van der Waals surface area (Å²) in [6.45, 7) is 0.179. The van der Waals surface area contributed by atoms with E-state index in [2.05, 4.69) is 5.32 Å². The maximum atomic E-state index is 12.2. The molecule has 10 heteroatoms. The zero-order chi connectivity index (χ0) is 21.7. The second-order valence-electron chi connectivity index (χ2n) is 6.11. The van der Waals surface area contributed by atoms with E-state index in [1.54, 1.807) is 12.1 Å². The van der Waals surface area contributed by atoms with Gasteiger partial charge < -0.3 is 29.0 Å². The summed E-state index contributed by atoms with van der Waals surface area (Å²) in [6.07, 6.45) is 2.56. The minimum atomic E-state index is -0.546. The molecule has 1 N–H and O–H groups in total. The van der Waals surface area contributed by atoms with E-state index in [4.69, 9.17) is 23.7 Å². The van der Waals surface area contributed by atoms with Crippen LogP contribution in [0.2, 0.25) is 0 Å². The van der Waals surface area contributed by atoms with Gasteiger partial charge in [-0.15, -0.1) is 0 Å². The van der Waals surface area contributed by atoms with Crippen LogP contribution >= 0.6 is 0 Å². The van der Waals surface area contributed by atoms with E-state index in [0.29, 0.717) is 28.7 Å². The Hall–Kier alpha value is -3.95. The van der Waals surface area contributed by atoms with Gasteiger partial charge in [0.1, 0.15) is 0 Å². The van der Waals surface area contributed by atoms with Crippen molar-refractivity contribution in [3.63, 3.8) is 0 Å². The standard InChI is InChI=1S/C20H20N2O8/c1-26-17-6-12(7-18(27-2)20(17)28-3)10-21-19(23)5-4-13-8-15-16(30-11-29-15)9-14(13)22(24)25/h4-9H,10-11H2,1-3H3,(H,21,23)/b5-4+. The Balaban J connectivity index is 1.73. The first-order chi connectivity index (χ1) is 14.5. The molecule has 1 amide bonds. The number of ether oxygens (including phenoxy) is 5. The Bertz CT molecular complexity index is 978. The molecule has 1 aliphatic rings. The highest BCUT2D eigenvalue weighted by Gasteiger charge is 2.22. The number of nitrogens with one attached hydrogen (secondary N) is 1. The van der Waals surface area contributed by atoms with Gasteiger partial charge in [0.15, 0.2) is 23.0 Å². The molecule has 0 saturated heterocycles. The fourth-order valence-electron chi connectivity index (χ4n) is 2.89. The molecule has 0 aliphatic carbocycles. The van der Waals surface area contributed by atoms with Gasteiger partial charge in [-0.05, 0) is 29.8 Å². The van der Waals surface area contributed by atoms with Gasteiger partial charge >= 0.3 is 0 Å². The van der Waals surface area contributed by atoms with Crippen molar-refractivity contribution in [1.29, 1.82) is 0 Å². The molecule has 0 radical (unpaired) electrons. The summed E-state index contributed by atoms with van der Waals surface area (Å²) in [4.78, 5) is 23.0. The topological polar surface area (TPSA) is 118 Å². The third-order valence-corrected chi connectivity index (χ3v) is 4.32. The Labute approximate surface area is 172 Å². The Morgan fingerprint density at radius 1 is 1.10 bits per heavy atom. The number of methoxy groups -OCH3 is 3. The minimum absolute atomic E-state index is 0.00503. The van der Waals surface area contributed by atoms with Crippen LogP contribution in [-0.4, -0.2) is 39.0 Å². The first kappa shape index (κ1) is 20.8. The summed E-state index contributed by atoms with van der Waals surface area (Å²) >= 11 is 0. The molecule has 0 atom stereocenters. The fourth-order valence-corrected chi connectivity index (χ4v) is 2.89. The van der Waals surface area contributed by atoms with Crippen molar-refractivity contribution in [2.75, 3.05) is 28.1 Å². The number of nitrogens with zero attached hydrogens (tertiary/aromatic N) is 1. The van der Waals surface area contributed by atoms with Crippen molar-refractivity contribution >= 4 is 17.7 Å². The highest BCUT2D eigenvalue weighted by Crippen LogP contribution is 2.39. The average Bonchev–Trinajstić information content (AvgIpc) is 3.21. The van der Waals surface area contributed by atoms with Crippen LogP contribution in [0.4, 0.5) is 5.69 Å². The molecule has 0 aromatic heterocycles. The van der Waals surface area contributed by atoms with Crippen LogP contribution < -0.4 is 29.0 Å². The molecule has 2 aromatic rings. The van der Waals surface area contributed by atoms with Crippen LogP contribution in [0.3, 0.4) is 0 Å². The van der Waals surface area contributed by atoms with E-state index in [0.717, 1.165) is 5.56 Å². The van der Waals surface area contributed by atoms with Gasteiger partial charge in [-0.25, -0.2) is 0 Å². The lowest BCUT2D eigenvalue weighted by molar-refractivity contribution is -0.385. The van der Waals surface area contributed by atoms with E-state index in [1.165, 1.54) is 45.6 Å². The molecule has 0 saturated carbocycles. The Morgan fingerprint density at radius 2 is 1.73 bits per heavy atom. The maximum Gasteiger partial charge on any atom is 0.280 e. The zero-order valence-electron chi connectivity index (χ0n) is 16.6. The second-order valence-corrected chi connectivity index (χ2v) is 6.11. The van der Waals surface area contributed by atoms with Crippen molar-refractivity contribution in [1.82, 2.24) is 5.32 Å². The number of carbonyl (C=O) groups is 1. The monoisotopic (exact) mass is 416 g/mol. The predicted molar refractivity (Wildman–Crippen MR) is 106 cm³/mol. The van der Waals surface area contributed by atoms with Gasteiger partial charge in [-0.1, -0.05) is 0 Å². The van der Waals surface area contributed by atoms with Crippen molar-refractivity contribution in [2.24, 2.45) is 0 Å². The number of benzene rings is 2. The highest BCUT2D eigenvalue weighted by atomic mass is 16.7. The molecular weight excluding hydrogens is 396 g/mol. The molecule has 0 unspecified atom stereocenters. The van der Waals surface area contributed by atoms with E-state index in [1.807, 2.05) is 0 Å². The van der Waals surface area contributed by atoms with E-state index >= 15 is 0 Å². The van der Waals surface area contributed by atoms with Crippen molar-refractivity contribution in [2.45, 2.75) is 6.54 Å². The average molecular weight is 416 g/mol. The third kappa shape index (κ3) is 4.37. The summed E-state index contributed by atoms with van der Waals surface area (Å²) in [7, 11) is 4.50. The molecule has 1 heterocycles. The normalized spacial score (nSPS) is 12.0. The first-order valence-electron chi connectivity index (χ1n) is 8.79. The van der Waals surface area contributed by atoms with Gasteiger partial charge in [-0.2, -0.15) is 0 Å². The number of rotatable bonds is 8. The largest absolute Gasteiger partial charge is 0.493 e. The maximum absolute atomic E-state index is 12.2. The predicted octanol–water partition coefficient (Wildman–Crippen LogP) is 2.68. The zero-order valence-corrected chi connectivity index (χ0v) is 16.6. The second kappa shape index (κ2) is 9.03. The molecule has 2 aromatic carbocycles. The lowest BCUT2D eigenvalue weighted by atomic mass is 10.1. The molecule has 10 nitrogen and oxygen atoms in total. The van der Waals surface area contributed by atoms with Crippen LogP contribution in [-0.2, 0) is 11.3 Å². The first-order valence-corrected chi connectivity index (χ1v) is 8.79. The van der Waals surface area contributed by atoms with Crippen LogP contribution in [0.1, 0.15) is 11.1 Å². The number of hydrogen-bond donors (Lipinski definition) is 1. The van der Waals surface area contributed by atoms with Crippen LogP contribution in [0.25, 0.3) is 6.08 Å². The lowest BCUT2D eigenvalue weighted by Crippen LogP contribution is -2.20. The van der Waals surface area contributed by atoms with E-state index < -0.39 is 10.8 Å². The quantitative estimate of drug-likeness (QED) is 0.396. The highest BCUT2D eigenvalue weighted by molar-refractivity contribution is 5.92. The smallest absolute Gasteiger partial charge is 0.280 e. The van der Waals surface area contributed by atoms with Crippen molar-refractivity contribution in [3.8, 4) is 28.7 Å². The SMILES string of the molecule is COc1cc(CNC(=O)/C=C/c2cc3c(cc2[N+](=O)[O-])OCO3)cc(OC)c1OC. The van der Waals surface area contributed by atoms with E-state index in [-0.39, 0.29) is 24.6 Å². The molecule has 0 spiro atoms. The summed E-state index contributed by atoms with van der Waals surface area (Å²) in [6, 6.07) is 6.17. The molecule has 30 heavy (non-hydrogen) atoms. The number of carbonyl (C=O) groups excluding carboxylic acids is 1. The molecular formula is C20H20N2O8. The molecule has 158 valence electrons. The number of fused-ring (bicyclic) bond motifs is 1. The van der Waals surface area contributed by atoms with Gasteiger partial charge in [-0.3, -0.25) is 14.9 Å². The fraction of sp³-hybridized carbons (Fsp3) is 0.250. The molecule has 0 fully saturated rings. The number of amides is 1. The van der Waals surface area contributed by atoms with Crippen LogP contribution in [0, 0.1) is 10.1 Å². The summed E-state index contributed by atoms with van der Waals surface area (Å²) < 4.78 is 26.2. The summed E-state index contributed by atoms with van der Waals surface area (Å²) in [5.74, 6) is 1.63. The van der Waals surface area contributed by atoms with Crippen LogP contribution in [0.5, 0.6) is 28.7 Å². The Morgan fingerprint density at radius 3 is 2.30 bits per heavy atom.